The second-order valence-corrected chi connectivity index (χ2v) is 4.86. The fraction of sp³-hybridized carbons (Fsp3) is 0.929. The number of nitrogens with zero attached hydrogens (tertiary/aromatic N) is 1. The Balaban J connectivity index is 4.08. The first-order valence-corrected chi connectivity index (χ1v) is 7.32. The van der Waals surface area contributed by atoms with E-state index in [0.717, 1.165) is 38.6 Å². The van der Waals surface area contributed by atoms with Gasteiger partial charge < -0.3 is 15.7 Å². The summed E-state index contributed by atoms with van der Waals surface area (Å²) in [6, 6.07) is -0.400. The third-order valence-corrected chi connectivity index (χ3v) is 3.15. The molecule has 0 aromatic heterocycles. The van der Waals surface area contributed by atoms with Crippen molar-refractivity contribution in [3.63, 3.8) is 0 Å². The van der Waals surface area contributed by atoms with Crippen LogP contribution in [0.1, 0.15) is 58.8 Å². The Labute approximate surface area is 112 Å². The molecule has 0 heterocycles. The van der Waals surface area contributed by atoms with E-state index in [-0.39, 0.29) is 12.5 Å². The van der Waals surface area contributed by atoms with Crippen molar-refractivity contribution in [2.75, 3.05) is 19.7 Å². The monoisotopic (exact) mass is 258 g/mol. The van der Waals surface area contributed by atoms with E-state index in [1.54, 1.807) is 4.90 Å². The molecule has 108 valence electrons. The summed E-state index contributed by atoms with van der Waals surface area (Å²) in [4.78, 5) is 13.8. The van der Waals surface area contributed by atoms with Gasteiger partial charge in [-0.2, -0.15) is 0 Å². The molecule has 0 aliphatic heterocycles. The highest BCUT2D eigenvalue weighted by Gasteiger charge is 2.19. The zero-order valence-corrected chi connectivity index (χ0v) is 12.0. The van der Waals surface area contributed by atoms with Gasteiger partial charge in [0.25, 0.3) is 0 Å². The molecule has 18 heavy (non-hydrogen) atoms. The molecule has 1 unspecified atom stereocenters. The van der Waals surface area contributed by atoms with Crippen LogP contribution in [0, 0.1) is 0 Å². The number of nitrogens with two attached hydrogens (primary N) is 1. The molecule has 0 rings (SSSR count). The molecule has 1 amide bonds. The maximum Gasteiger partial charge on any atom is 0.239 e. The van der Waals surface area contributed by atoms with Gasteiger partial charge in [0.2, 0.25) is 5.91 Å². The number of hydrogen-bond acceptors (Lipinski definition) is 3. The molecule has 4 nitrogen and oxygen atoms in total. The zero-order chi connectivity index (χ0) is 13.8. The number of aliphatic hydroxyl groups excluding tert-OH is 1. The number of carbonyl (C=O) groups excluding carboxylic acids is 1. The predicted octanol–water partition coefficient (Wildman–Crippen LogP) is 1.91. The van der Waals surface area contributed by atoms with Gasteiger partial charge in [0.05, 0.1) is 12.6 Å². The van der Waals surface area contributed by atoms with Crippen molar-refractivity contribution in [1.29, 1.82) is 0 Å². The van der Waals surface area contributed by atoms with Crippen LogP contribution in [0.3, 0.4) is 0 Å². The predicted molar refractivity (Wildman–Crippen MR) is 75.3 cm³/mol. The minimum absolute atomic E-state index is 0.00556. The minimum Gasteiger partial charge on any atom is -0.395 e. The van der Waals surface area contributed by atoms with Crippen molar-refractivity contribution in [1.82, 2.24) is 4.90 Å². The highest BCUT2D eigenvalue weighted by molar-refractivity contribution is 5.81. The number of rotatable bonds is 11. The zero-order valence-electron chi connectivity index (χ0n) is 12.0. The number of amides is 1. The third-order valence-electron chi connectivity index (χ3n) is 3.15. The van der Waals surface area contributed by atoms with Crippen LogP contribution in [-0.2, 0) is 4.79 Å². The first-order valence-electron chi connectivity index (χ1n) is 7.32. The van der Waals surface area contributed by atoms with E-state index in [1.807, 2.05) is 0 Å². The van der Waals surface area contributed by atoms with Gasteiger partial charge >= 0.3 is 0 Å². The van der Waals surface area contributed by atoms with Crippen LogP contribution in [0.5, 0.6) is 0 Å². The molecule has 0 spiro atoms. The normalized spacial score (nSPS) is 12.4. The van der Waals surface area contributed by atoms with Gasteiger partial charge in [0.15, 0.2) is 0 Å². The molecule has 0 aliphatic carbocycles. The Morgan fingerprint density at radius 2 is 1.78 bits per heavy atom. The SMILES string of the molecule is CCCCCCN(CCO)C(=O)C(N)CCCC. The summed E-state index contributed by atoms with van der Waals surface area (Å²) in [6.07, 6.45) is 7.29. The van der Waals surface area contributed by atoms with Crippen LogP contribution in [-0.4, -0.2) is 41.7 Å². The molecule has 0 bridgehead atoms. The lowest BCUT2D eigenvalue weighted by molar-refractivity contribution is -0.133. The third kappa shape index (κ3) is 7.67. The number of unbranched alkanes of at least 4 members (excludes halogenated alkanes) is 4. The van der Waals surface area contributed by atoms with Gasteiger partial charge in [0.1, 0.15) is 0 Å². The number of carbonyl (C=O) groups is 1. The second kappa shape index (κ2) is 11.5. The van der Waals surface area contributed by atoms with Crippen molar-refractivity contribution < 1.29 is 9.90 Å². The van der Waals surface area contributed by atoms with Crippen LogP contribution in [0.4, 0.5) is 0 Å². The van der Waals surface area contributed by atoms with Crippen molar-refractivity contribution in [3.05, 3.63) is 0 Å². The Morgan fingerprint density at radius 3 is 2.33 bits per heavy atom. The summed E-state index contributed by atoms with van der Waals surface area (Å²) >= 11 is 0. The van der Waals surface area contributed by atoms with E-state index in [4.69, 9.17) is 10.8 Å². The molecule has 0 aliphatic rings. The van der Waals surface area contributed by atoms with E-state index >= 15 is 0 Å². The first-order chi connectivity index (χ1) is 8.67. The number of hydrogen-bond donors (Lipinski definition) is 2. The van der Waals surface area contributed by atoms with Gasteiger partial charge in [-0.05, 0) is 12.8 Å². The molecule has 3 N–H and O–H groups in total. The first kappa shape index (κ1) is 17.4. The van der Waals surface area contributed by atoms with Crippen LogP contribution >= 0.6 is 0 Å². The number of aliphatic hydroxyl groups is 1. The summed E-state index contributed by atoms with van der Waals surface area (Å²) in [7, 11) is 0. The topological polar surface area (TPSA) is 66.6 Å². The summed E-state index contributed by atoms with van der Waals surface area (Å²) in [5.41, 5.74) is 5.89. The van der Waals surface area contributed by atoms with E-state index in [9.17, 15) is 4.79 Å². The Bertz CT molecular complexity index is 210. The van der Waals surface area contributed by atoms with E-state index in [0.29, 0.717) is 6.54 Å². The Kier molecular flexibility index (Phi) is 11.1. The van der Waals surface area contributed by atoms with Crippen LogP contribution in [0.2, 0.25) is 0 Å². The van der Waals surface area contributed by atoms with Crippen molar-refractivity contribution >= 4 is 5.91 Å². The lowest BCUT2D eigenvalue weighted by atomic mass is 10.1. The van der Waals surface area contributed by atoms with Gasteiger partial charge in [-0.3, -0.25) is 4.79 Å². The lowest BCUT2D eigenvalue weighted by Gasteiger charge is -2.25. The van der Waals surface area contributed by atoms with Crippen molar-refractivity contribution in [2.45, 2.75) is 64.8 Å². The molecule has 0 fully saturated rings. The molecule has 0 saturated heterocycles. The van der Waals surface area contributed by atoms with Gasteiger partial charge in [-0.1, -0.05) is 46.0 Å². The molecule has 1 atom stereocenters. The van der Waals surface area contributed by atoms with Crippen LogP contribution in [0.25, 0.3) is 0 Å². The maximum absolute atomic E-state index is 12.1. The summed E-state index contributed by atoms with van der Waals surface area (Å²) < 4.78 is 0. The van der Waals surface area contributed by atoms with Gasteiger partial charge in [-0.25, -0.2) is 0 Å². The standard InChI is InChI=1S/C14H30N2O2/c1-3-5-7-8-10-16(11-12-17)14(18)13(15)9-6-4-2/h13,17H,3-12,15H2,1-2H3. The van der Waals surface area contributed by atoms with E-state index < -0.39 is 6.04 Å². The largest absolute Gasteiger partial charge is 0.395 e. The lowest BCUT2D eigenvalue weighted by Crippen LogP contribution is -2.45. The fourth-order valence-electron chi connectivity index (χ4n) is 1.96. The average molecular weight is 258 g/mol. The minimum atomic E-state index is -0.400. The summed E-state index contributed by atoms with van der Waals surface area (Å²) in [5, 5.41) is 9.01. The van der Waals surface area contributed by atoms with E-state index in [1.165, 1.54) is 12.8 Å². The van der Waals surface area contributed by atoms with E-state index in [2.05, 4.69) is 13.8 Å². The van der Waals surface area contributed by atoms with Gasteiger partial charge in [-0.15, -0.1) is 0 Å². The van der Waals surface area contributed by atoms with Crippen LogP contribution in [0.15, 0.2) is 0 Å². The fourth-order valence-corrected chi connectivity index (χ4v) is 1.96. The summed E-state index contributed by atoms with van der Waals surface area (Å²) in [5.74, 6) is -0.00556. The van der Waals surface area contributed by atoms with Crippen LogP contribution < -0.4 is 5.73 Å². The Morgan fingerprint density at radius 1 is 1.11 bits per heavy atom. The highest BCUT2D eigenvalue weighted by Crippen LogP contribution is 2.06. The molecule has 0 aromatic carbocycles. The summed E-state index contributed by atoms with van der Waals surface area (Å²) in [6.45, 7) is 5.40. The molecule has 0 radical (unpaired) electrons. The Hall–Kier alpha value is -0.610. The quantitative estimate of drug-likeness (QED) is 0.556. The maximum atomic E-state index is 12.1. The average Bonchev–Trinajstić information content (AvgIpc) is 2.38. The van der Waals surface area contributed by atoms with Gasteiger partial charge in [0, 0.05) is 13.1 Å². The van der Waals surface area contributed by atoms with Crippen molar-refractivity contribution in [2.24, 2.45) is 5.73 Å². The van der Waals surface area contributed by atoms with Crippen molar-refractivity contribution in [3.8, 4) is 0 Å². The molecule has 0 saturated carbocycles. The molecular weight excluding hydrogens is 228 g/mol. The molecule has 4 heteroatoms. The molecular formula is C14H30N2O2. The smallest absolute Gasteiger partial charge is 0.239 e. The highest BCUT2D eigenvalue weighted by atomic mass is 16.3. The second-order valence-electron chi connectivity index (χ2n) is 4.86. The molecule has 0 aromatic rings.